The van der Waals surface area contributed by atoms with Crippen molar-refractivity contribution in [2.24, 2.45) is 0 Å². The fourth-order valence-corrected chi connectivity index (χ4v) is 4.74. The summed E-state index contributed by atoms with van der Waals surface area (Å²) < 4.78 is 13.0. The Morgan fingerprint density at radius 1 is 1.21 bits per heavy atom. The Kier molecular flexibility index (Phi) is 8.80. The molecule has 0 aliphatic heterocycles. The van der Waals surface area contributed by atoms with E-state index in [0.717, 1.165) is 17.3 Å². The number of methoxy groups -OCH3 is 1. The summed E-state index contributed by atoms with van der Waals surface area (Å²) in [6.07, 6.45) is 1.48. The zero-order valence-electron chi connectivity index (χ0n) is 18.0. The molecular formula is C22H19ClIN3O6S. The van der Waals surface area contributed by atoms with Gasteiger partial charge in [-0.3, -0.25) is 0 Å². The number of benzene rings is 2. The van der Waals surface area contributed by atoms with Gasteiger partial charge in [0.15, 0.2) is 29.1 Å². The molecule has 0 amide bonds. The van der Waals surface area contributed by atoms with Crippen LogP contribution in [0, 0.1) is 3.57 Å². The zero-order chi connectivity index (χ0) is 24.8. The predicted octanol–water partition coefficient (Wildman–Crippen LogP) is 4.91. The number of halogens is 2. The van der Waals surface area contributed by atoms with Crippen molar-refractivity contribution in [3.05, 3.63) is 55.5 Å². The molecule has 178 valence electrons. The minimum Gasteiger partial charge on any atom is -0.493 e. The fourth-order valence-electron chi connectivity index (χ4n) is 2.94. The van der Waals surface area contributed by atoms with Crippen LogP contribution in [0.3, 0.4) is 0 Å². The molecule has 0 radical (unpaired) electrons. The van der Waals surface area contributed by atoms with Gasteiger partial charge in [-0.25, -0.2) is 9.59 Å². The van der Waals surface area contributed by atoms with Gasteiger partial charge in [-0.05, 0) is 89.3 Å². The highest BCUT2D eigenvalue weighted by atomic mass is 127. The topological polar surface area (TPSA) is 124 Å². The number of thioether (sulfide) groups is 1. The molecule has 34 heavy (non-hydrogen) atoms. The van der Waals surface area contributed by atoms with Crippen LogP contribution in [-0.4, -0.2) is 50.6 Å². The lowest BCUT2D eigenvalue weighted by molar-refractivity contribution is -0.139. The highest BCUT2D eigenvalue weighted by Crippen LogP contribution is 2.36. The van der Waals surface area contributed by atoms with Gasteiger partial charge in [0.25, 0.3) is 0 Å². The lowest BCUT2D eigenvalue weighted by atomic mass is 10.2. The third-order valence-electron chi connectivity index (χ3n) is 4.44. The van der Waals surface area contributed by atoms with Gasteiger partial charge >= 0.3 is 11.9 Å². The largest absolute Gasteiger partial charge is 0.493 e. The molecule has 0 spiro atoms. The molecule has 0 aliphatic carbocycles. The van der Waals surface area contributed by atoms with Crippen LogP contribution >= 0.6 is 46.0 Å². The number of carbonyl (C=O) groups is 2. The Morgan fingerprint density at radius 2 is 1.91 bits per heavy atom. The average Bonchev–Trinajstić information content (AvgIpc) is 3.20. The van der Waals surface area contributed by atoms with Crippen molar-refractivity contribution in [3.63, 3.8) is 0 Å². The van der Waals surface area contributed by atoms with Crippen LogP contribution in [0.4, 0.5) is 0 Å². The first-order chi connectivity index (χ1) is 16.2. The minimum absolute atomic E-state index is 0.0156. The number of hydrogen-bond acceptors (Lipinski definition) is 7. The van der Waals surface area contributed by atoms with Gasteiger partial charge in [0.1, 0.15) is 4.91 Å². The third kappa shape index (κ3) is 6.21. The number of aliphatic carboxylic acids is 2. The molecule has 1 heterocycles. The summed E-state index contributed by atoms with van der Waals surface area (Å²) in [5, 5.41) is 28.1. The number of ether oxygens (including phenoxy) is 2. The Morgan fingerprint density at radius 3 is 2.50 bits per heavy atom. The van der Waals surface area contributed by atoms with Gasteiger partial charge in [-0.1, -0.05) is 11.6 Å². The lowest BCUT2D eigenvalue weighted by Gasteiger charge is -2.12. The van der Waals surface area contributed by atoms with Crippen molar-refractivity contribution in [1.29, 1.82) is 0 Å². The van der Waals surface area contributed by atoms with Crippen LogP contribution in [0.1, 0.15) is 12.5 Å². The number of nitrogens with zero attached hydrogens (tertiary/aromatic N) is 3. The smallest absolute Gasteiger partial charge is 0.342 e. The standard InChI is InChI=1S/C22H19ClIN3O6S/c1-3-27-20(13-4-6-14(23)7-5-13)25-26-22(27)34-17(21(30)31)10-12-8-15(24)19(16(9-12)32-2)33-11-18(28)29/h4-10H,3,11H2,1-2H3,(H,28,29)(H,30,31)/b17-10-. The van der Waals surface area contributed by atoms with E-state index < -0.39 is 18.5 Å². The zero-order valence-corrected chi connectivity index (χ0v) is 21.7. The second kappa shape index (κ2) is 11.6. The first-order valence-electron chi connectivity index (χ1n) is 9.77. The minimum atomic E-state index is -1.14. The van der Waals surface area contributed by atoms with E-state index in [1.165, 1.54) is 13.2 Å². The lowest BCUT2D eigenvalue weighted by Crippen LogP contribution is -2.11. The molecule has 12 heteroatoms. The van der Waals surface area contributed by atoms with Crippen molar-refractivity contribution in [3.8, 4) is 22.9 Å². The third-order valence-corrected chi connectivity index (χ3v) is 6.49. The van der Waals surface area contributed by atoms with E-state index in [2.05, 4.69) is 10.2 Å². The summed E-state index contributed by atoms with van der Waals surface area (Å²) in [4.78, 5) is 22.9. The van der Waals surface area contributed by atoms with Crippen molar-refractivity contribution < 1.29 is 29.3 Å². The van der Waals surface area contributed by atoms with Crippen LogP contribution in [0.15, 0.2) is 46.5 Å². The monoisotopic (exact) mass is 615 g/mol. The quantitative estimate of drug-likeness (QED) is 0.186. The van der Waals surface area contributed by atoms with Crippen molar-refractivity contribution >= 4 is 64.0 Å². The molecule has 0 fully saturated rings. The summed E-state index contributed by atoms with van der Waals surface area (Å²) in [5.41, 5.74) is 1.34. The van der Waals surface area contributed by atoms with E-state index in [1.54, 1.807) is 24.3 Å². The van der Waals surface area contributed by atoms with Crippen LogP contribution in [0.5, 0.6) is 11.5 Å². The van der Waals surface area contributed by atoms with Crippen LogP contribution in [-0.2, 0) is 16.1 Å². The van der Waals surface area contributed by atoms with Gasteiger partial charge in [0.2, 0.25) is 0 Å². The SMILES string of the molecule is CCn1c(S/C(=C\c2cc(I)c(OCC(=O)O)c(OC)c2)C(=O)O)nnc1-c1ccc(Cl)cc1. The maximum absolute atomic E-state index is 12.0. The average molecular weight is 616 g/mol. The molecule has 9 nitrogen and oxygen atoms in total. The van der Waals surface area contributed by atoms with E-state index in [4.69, 9.17) is 26.2 Å². The molecule has 2 N–H and O–H groups in total. The van der Waals surface area contributed by atoms with E-state index >= 15 is 0 Å². The normalized spacial score (nSPS) is 11.4. The Balaban J connectivity index is 1.95. The predicted molar refractivity (Wildman–Crippen MR) is 136 cm³/mol. The Bertz CT molecular complexity index is 1250. The van der Waals surface area contributed by atoms with Crippen LogP contribution < -0.4 is 9.47 Å². The van der Waals surface area contributed by atoms with Crippen molar-refractivity contribution in [2.45, 2.75) is 18.6 Å². The van der Waals surface area contributed by atoms with Crippen molar-refractivity contribution in [1.82, 2.24) is 14.8 Å². The first kappa shape index (κ1) is 25.8. The fraction of sp³-hybridized carbons (Fsp3) is 0.182. The highest BCUT2D eigenvalue weighted by molar-refractivity contribution is 14.1. The molecule has 3 aromatic rings. The van der Waals surface area contributed by atoms with Gasteiger partial charge < -0.3 is 24.3 Å². The summed E-state index contributed by atoms with van der Waals surface area (Å²) in [6.45, 7) is 1.92. The van der Waals surface area contributed by atoms with Gasteiger partial charge in [0.05, 0.1) is 10.7 Å². The summed E-state index contributed by atoms with van der Waals surface area (Å²) in [7, 11) is 1.42. The second-order valence-electron chi connectivity index (χ2n) is 6.69. The molecule has 0 saturated carbocycles. The van der Waals surface area contributed by atoms with E-state index in [9.17, 15) is 14.7 Å². The highest BCUT2D eigenvalue weighted by Gasteiger charge is 2.19. The number of carboxylic acids is 2. The maximum atomic E-state index is 12.0. The van der Waals surface area contributed by atoms with E-state index in [1.807, 2.05) is 46.2 Å². The van der Waals surface area contributed by atoms with Crippen LogP contribution in [0.25, 0.3) is 17.5 Å². The second-order valence-corrected chi connectivity index (χ2v) is 9.30. The maximum Gasteiger partial charge on any atom is 0.342 e. The number of hydrogen-bond donors (Lipinski definition) is 2. The molecular weight excluding hydrogens is 597 g/mol. The number of carboxylic acid groups (broad SMARTS) is 2. The summed E-state index contributed by atoms with van der Waals surface area (Å²) in [6, 6.07) is 10.4. The summed E-state index contributed by atoms with van der Waals surface area (Å²) >= 11 is 8.92. The first-order valence-corrected chi connectivity index (χ1v) is 12.0. The van der Waals surface area contributed by atoms with E-state index in [0.29, 0.717) is 31.7 Å². The number of rotatable bonds is 10. The molecule has 0 aliphatic rings. The molecule has 0 bridgehead atoms. The van der Waals surface area contributed by atoms with E-state index in [-0.39, 0.29) is 16.4 Å². The molecule has 0 atom stereocenters. The van der Waals surface area contributed by atoms with Crippen molar-refractivity contribution in [2.75, 3.05) is 13.7 Å². The number of aromatic nitrogens is 3. The van der Waals surface area contributed by atoms with Gasteiger partial charge in [-0.2, -0.15) is 0 Å². The summed E-state index contributed by atoms with van der Waals surface area (Å²) in [5.74, 6) is -1.10. The molecule has 0 unspecified atom stereocenters. The van der Waals surface area contributed by atoms with Crippen LogP contribution in [0.2, 0.25) is 5.02 Å². The Hall–Kier alpha value is -2.77. The Labute approximate surface area is 217 Å². The molecule has 3 rings (SSSR count). The molecule has 0 saturated heterocycles. The molecule has 2 aromatic carbocycles. The van der Waals surface area contributed by atoms with Gasteiger partial charge in [0, 0.05) is 17.1 Å². The van der Waals surface area contributed by atoms with Gasteiger partial charge in [-0.15, -0.1) is 10.2 Å². The molecule has 1 aromatic heterocycles.